The Kier molecular flexibility index (Phi) is 5.29. The number of benzene rings is 2. The van der Waals surface area contributed by atoms with E-state index in [-0.39, 0.29) is 32.7 Å². The van der Waals surface area contributed by atoms with E-state index in [2.05, 4.69) is 15.0 Å². The van der Waals surface area contributed by atoms with Crippen molar-refractivity contribution in [3.05, 3.63) is 57.6 Å². The largest absolute Gasteiger partial charge is 0.386 e. The molecule has 0 radical (unpaired) electrons. The fourth-order valence-corrected chi connectivity index (χ4v) is 2.56. The lowest BCUT2D eigenvalue weighted by Gasteiger charge is -2.09. The van der Waals surface area contributed by atoms with Crippen molar-refractivity contribution in [3.63, 3.8) is 0 Å². The minimum absolute atomic E-state index is 0.00331. The van der Waals surface area contributed by atoms with Gasteiger partial charge in [-0.25, -0.2) is 28.0 Å². The van der Waals surface area contributed by atoms with Crippen LogP contribution in [0.4, 0.5) is 8.78 Å². The zero-order valence-corrected chi connectivity index (χ0v) is 15.5. The van der Waals surface area contributed by atoms with Gasteiger partial charge in [-0.2, -0.15) is 4.98 Å². The van der Waals surface area contributed by atoms with E-state index in [1.54, 1.807) is 0 Å². The van der Waals surface area contributed by atoms with Crippen molar-refractivity contribution < 1.29 is 23.4 Å². The summed E-state index contributed by atoms with van der Waals surface area (Å²) in [6.07, 6.45) is 0. The van der Waals surface area contributed by atoms with Crippen molar-refractivity contribution in [1.29, 1.82) is 0 Å². The molecule has 10 heteroatoms. The summed E-state index contributed by atoms with van der Waals surface area (Å²) in [5, 5.41) is 4.32. The van der Waals surface area contributed by atoms with Crippen LogP contribution in [0.5, 0.6) is 6.01 Å². The van der Waals surface area contributed by atoms with Gasteiger partial charge in [0, 0.05) is 22.5 Å². The average molecular weight is 414 g/mol. The van der Waals surface area contributed by atoms with Crippen molar-refractivity contribution in [1.82, 2.24) is 14.8 Å². The second kappa shape index (κ2) is 7.50. The van der Waals surface area contributed by atoms with Crippen molar-refractivity contribution in [2.24, 2.45) is 0 Å². The molecule has 0 aliphatic rings. The molecule has 0 aliphatic carbocycles. The van der Waals surface area contributed by atoms with E-state index in [1.165, 1.54) is 31.2 Å². The third kappa shape index (κ3) is 3.86. The fraction of sp³-hybridized carbons (Fsp3) is 0.118. The van der Waals surface area contributed by atoms with Gasteiger partial charge < -0.3 is 0 Å². The molecular weight excluding hydrogens is 403 g/mol. The van der Waals surface area contributed by atoms with Crippen LogP contribution in [-0.4, -0.2) is 20.7 Å². The predicted molar refractivity (Wildman–Crippen MR) is 93.9 cm³/mol. The van der Waals surface area contributed by atoms with Gasteiger partial charge in [0.05, 0.1) is 5.56 Å². The zero-order chi connectivity index (χ0) is 19.7. The Bertz CT molecular complexity index is 1040. The molecule has 2 aromatic carbocycles. The van der Waals surface area contributed by atoms with Crippen LogP contribution in [-0.2, 0) is 9.68 Å². The van der Waals surface area contributed by atoms with E-state index in [9.17, 15) is 13.6 Å². The van der Waals surface area contributed by atoms with E-state index < -0.39 is 23.6 Å². The first-order valence-corrected chi connectivity index (χ1v) is 8.26. The van der Waals surface area contributed by atoms with Crippen molar-refractivity contribution in [2.75, 3.05) is 0 Å². The Hall–Kier alpha value is -2.71. The highest BCUT2D eigenvalue weighted by molar-refractivity contribution is 6.31. The molecule has 3 aromatic rings. The number of hydrogen-bond donors (Lipinski definition) is 0. The number of halogens is 4. The Labute approximate surface area is 162 Å². The molecular formula is C17H11Cl2F2N3O3. The minimum Gasteiger partial charge on any atom is -0.248 e. The van der Waals surface area contributed by atoms with Crippen molar-refractivity contribution >= 4 is 29.2 Å². The number of carbonyl (C=O) groups is 1. The molecule has 1 heterocycles. The maximum Gasteiger partial charge on any atom is 0.386 e. The van der Waals surface area contributed by atoms with E-state index in [1.807, 2.05) is 0 Å². The monoisotopic (exact) mass is 413 g/mol. The molecule has 0 aliphatic heterocycles. The van der Waals surface area contributed by atoms with Gasteiger partial charge in [0.2, 0.25) is 0 Å². The van der Waals surface area contributed by atoms with E-state index in [0.29, 0.717) is 0 Å². The Morgan fingerprint density at radius 3 is 2.59 bits per heavy atom. The van der Waals surface area contributed by atoms with E-state index in [4.69, 9.17) is 28.1 Å². The van der Waals surface area contributed by atoms with Gasteiger partial charge in [-0.1, -0.05) is 23.2 Å². The first-order valence-electron chi connectivity index (χ1n) is 7.50. The number of aromatic nitrogens is 3. The summed E-state index contributed by atoms with van der Waals surface area (Å²) in [5.74, 6) is -2.22. The predicted octanol–water partition coefficient (Wildman–Crippen LogP) is 4.68. The lowest BCUT2D eigenvalue weighted by molar-refractivity contribution is -0.214. The summed E-state index contributed by atoms with van der Waals surface area (Å²) >= 11 is 11.7. The van der Waals surface area contributed by atoms with Crippen LogP contribution in [0.3, 0.4) is 0 Å². The molecule has 140 valence electrons. The van der Waals surface area contributed by atoms with Gasteiger partial charge >= 0.3 is 12.0 Å². The highest BCUT2D eigenvalue weighted by Crippen LogP contribution is 2.31. The van der Waals surface area contributed by atoms with Gasteiger partial charge in [0.15, 0.2) is 5.82 Å². The maximum atomic E-state index is 14.7. The van der Waals surface area contributed by atoms with Crippen LogP contribution in [0.1, 0.15) is 12.5 Å². The molecule has 0 fully saturated rings. The summed E-state index contributed by atoms with van der Waals surface area (Å²) in [4.78, 5) is 24.0. The van der Waals surface area contributed by atoms with Crippen molar-refractivity contribution in [3.8, 4) is 23.1 Å². The summed E-state index contributed by atoms with van der Waals surface area (Å²) < 4.78 is 30.1. The minimum atomic E-state index is -0.751. The molecule has 27 heavy (non-hydrogen) atoms. The third-order valence-corrected chi connectivity index (χ3v) is 4.16. The molecule has 0 saturated carbocycles. The molecule has 1 aromatic heterocycles. The van der Waals surface area contributed by atoms with E-state index in [0.717, 1.165) is 17.7 Å². The summed E-state index contributed by atoms with van der Waals surface area (Å²) in [6, 6.07) is 6.27. The second-order valence-corrected chi connectivity index (χ2v) is 6.26. The van der Waals surface area contributed by atoms with Gasteiger partial charge in [0.1, 0.15) is 17.3 Å². The van der Waals surface area contributed by atoms with Crippen LogP contribution < -0.4 is 4.89 Å². The van der Waals surface area contributed by atoms with Gasteiger partial charge in [0.25, 0.3) is 0 Å². The Morgan fingerprint density at radius 1 is 1.19 bits per heavy atom. The molecule has 0 bridgehead atoms. The van der Waals surface area contributed by atoms with Crippen LogP contribution in [0.2, 0.25) is 10.0 Å². The smallest absolute Gasteiger partial charge is 0.248 e. The molecule has 0 saturated heterocycles. The molecule has 0 spiro atoms. The topological polar surface area (TPSA) is 66.2 Å². The number of carbonyl (C=O) groups excluding carboxylic acids is 1. The Balaban J connectivity index is 2.19. The highest BCUT2D eigenvalue weighted by atomic mass is 35.5. The quantitative estimate of drug-likeness (QED) is 0.458. The summed E-state index contributed by atoms with van der Waals surface area (Å²) in [6.45, 7) is 2.60. The highest BCUT2D eigenvalue weighted by Gasteiger charge is 2.22. The summed E-state index contributed by atoms with van der Waals surface area (Å²) in [7, 11) is 0. The molecule has 0 amide bonds. The lowest BCUT2D eigenvalue weighted by Crippen LogP contribution is -2.05. The number of nitrogens with zero attached hydrogens (tertiary/aromatic N) is 3. The van der Waals surface area contributed by atoms with Crippen LogP contribution in [0.15, 0.2) is 30.3 Å². The normalized spacial score (nSPS) is 10.7. The van der Waals surface area contributed by atoms with Crippen LogP contribution >= 0.6 is 23.2 Å². The summed E-state index contributed by atoms with van der Waals surface area (Å²) in [5.41, 5.74) is 0.116. The molecule has 0 N–H and O–H groups in total. The van der Waals surface area contributed by atoms with Crippen molar-refractivity contribution in [2.45, 2.75) is 13.8 Å². The van der Waals surface area contributed by atoms with Crippen LogP contribution in [0.25, 0.3) is 17.1 Å². The Morgan fingerprint density at radius 2 is 1.93 bits per heavy atom. The van der Waals surface area contributed by atoms with Gasteiger partial charge in [-0.05, 0) is 37.3 Å². The molecule has 0 atom stereocenters. The lowest BCUT2D eigenvalue weighted by atomic mass is 10.1. The number of rotatable bonds is 4. The second-order valence-electron chi connectivity index (χ2n) is 5.42. The third-order valence-electron chi connectivity index (χ3n) is 3.52. The van der Waals surface area contributed by atoms with Crippen LogP contribution in [0, 0.1) is 18.6 Å². The average Bonchev–Trinajstić information content (AvgIpc) is 3.02. The van der Waals surface area contributed by atoms with E-state index >= 15 is 0 Å². The zero-order valence-electron chi connectivity index (χ0n) is 14.0. The van der Waals surface area contributed by atoms with Gasteiger partial charge in [-0.15, -0.1) is 5.10 Å². The molecule has 0 unspecified atom stereocenters. The number of hydrogen-bond acceptors (Lipinski definition) is 5. The first-order chi connectivity index (χ1) is 12.8. The first kappa shape index (κ1) is 19.1. The maximum absolute atomic E-state index is 14.7. The fourth-order valence-electron chi connectivity index (χ4n) is 2.25. The molecule has 6 nitrogen and oxygen atoms in total. The standard InChI is InChI=1S/C17H11Cl2F2N3O3/c1-8-12(19)5-4-11(15(8)21)16-22-17(27-26-9(2)25)23-24(16)14-6-3-10(18)7-13(14)20/h3-7H,1-2H3. The SMILES string of the molecule is CC(=O)OOc1nc(-c2ccc(Cl)c(C)c2F)n(-c2ccc(Cl)cc2F)n1. The molecule has 3 rings (SSSR count). The van der Waals surface area contributed by atoms with Gasteiger partial charge in [-0.3, -0.25) is 0 Å².